The van der Waals surface area contributed by atoms with Crippen LogP contribution in [-0.4, -0.2) is 61.6 Å². The van der Waals surface area contributed by atoms with Crippen LogP contribution in [0.25, 0.3) is 0 Å². The van der Waals surface area contributed by atoms with E-state index in [0.29, 0.717) is 6.04 Å². The van der Waals surface area contributed by atoms with E-state index in [0.717, 1.165) is 24.3 Å². The molecule has 5 heteroatoms. The molecule has 3 unspecified atom stereocenters. The van der Waals surface area contributed by atoms with Crippen LogP contribution in [0.15, 0.2) is 4.99 Å². The fourth-order valence-electron chi connectivity index (χ4n) is 4.83. The van der Waals surface area contributed by atoms with Gasteiger partial charge in [-0.1, -0.05) is 26.2 Å². The van der Waals surface area contributed by atoms with E-state index in [4.69, 9.17) is 0 Å². The Morgan fingerprint density at radius 1 is 1.04 bits per heavy atom. The Kier molecular flexibility index (Phi) is 7.92. The monoisotopic (exact) mass is 434 g/mol. The number of guanidine groups is 1. The lowest BCUT2D eigenvalue weighted by Gasteiger charge is -2.35. The molecule has 1 N–H and O–H groups in total. The third-order valence-corrected chi connectivity index (χ3v) is 6.14. The number of hydrogen-bond acceptors (Lipinski definition) is 2. The molecule has 23 heavy (non-hydrogen) atoms. The highest BCUT2D eigenvalue weighted by Gasteiger charge is 2.35. The van der Waals surface area contributed by atoms with Gasteiger partial charge in [-0.2, -0.15) is 0 Å². The van der Waals surface area contributed by atoms with Crippen molar-refractivity contribution in [1.82, 2.24) is 15.1 Å². The summed E-state index contributed by atoms with van der Waals surface area (Å²) >= 11 is 0. The molecule has 0 radical (unpaired) electrons. The summed E-state index contributed by atoms with van der Waals surface area (Å²) < 4.78 is 0. The van der Waals surface area contributed by atoms with E-state index in [9.17, 15) is 0 Å². The smallest absolute Gasteiger partial charge is 0.193 e. The zero-order valence-corrected chi connectivity index (χ0v) is 17.3. The van der Waals surface area contributed by atoms with Gasteiger partial charge in [0.2, 0.25) is 0 Å². The first kappa shape index (κ1) is 19.3. The molecule has 4 nitrogen and oxygen atoms in total. The van der Waals surface area contributed by atoms with Gasteiger partial charge in [0.25, 0.3) is 0 Å². The van der Waals surface area contributed by atoms with E-state index in [2.05, 4.69) is 27.0 Å². The van der Waals surface area contributed by atoms with Crippen LogP contribution >= 0.6 is 24.0 Å². The molecule has 3 fully saturated rings. The van der Waals surface area contributed by atoms with Crippen LogP contribution in [0, 0.1) is 11.8 Å². The molecular weight excluding hydrogens is 399 g/mol. The Balaban J connectivity index is 0.00000192. The first-order chi connectivity index (χ1) is 10.8. The van der Waals surface area contributed by atoms with Crippen molar-refractivity contribution in [1.29, 1.82) is 0 Å². The highest BCUT2D eigenvalue weighted by molar-refractivity contribution is 14.0. The molecule has 0 aromatic rings. The summed E-state index contributed by atoms with van der Waals surface area (Å²) in [6, 6.07) is 0.695. The molecule has 3 rings (SSSR count). The Morgan fingerprint density at radius 3 is 2.30 bits per heavy atom. The maximum absolute atomic E-state index is 4.58. The summed E-state index contributed by atoms with van der Waals surface area (Å²) in [4.78, 5) is 9.74. The molecule has 134 valence electrons. The molecule has 1 aliphatic carbocycles. The van der Waals surface area contributed by atoms with Crippen molar-refractivity contribution < 1.29 is 0 Å². The van der Waals surface area contributed by atoms with Gasteiger partial charge in [-0.15, -0.1) is 24.0 Å². The summed E-state index contributed by atoms with van der Waals surface area (Å²) in [6.07, 6.45) is 9.84. The molecule has 0 aromatic carbocycles. The number of hydrogen-bond donors (Lipinski definition) is 1. The van der Waals surface area contributed by atoms with Crippen molar-refractivity contribution in [2.75, 3.05) is 39.8 Å². The minimum absolute atomic E-state index is 0. The zero-order chi connectivity index (χ0) is 15.4. The van der Waals surface area contributed by atoms with E-state index in [1.807, 2.05) is 7.05 Å². The number of fused-ring (bicyclic) bond motifs is 1. The minimum Gasteiger partial charge on any atom is -0.355 e. The summed E-state index contributed by atoms with van der Waals surface area (Å²) in [5.74, 6) is 3.00. The number of aliphatic imine (C=N–C) groups is 1. The van der Waals surface area contributed by atoms with Gasteiger partial charge < -0.3 is 10.2 Å². The molecule has 1 saturated carbocycles. The lowest BCUT2D eigenvalue weighted by atomic mass is 9.82. The average Bonchev–Trinajstić information content (AvgIpc) is 2.99. The van der Waals surface area contributed by atoms with Crippen molar-refractivity contribution in [3.8, 4) is 0 Å². The number of piperidine rings is 1. The summed E-state index contributed by atoms with van der Waals surface area (Å²) in [5.41, 5.74) is 0. The molecule has 0 aromatic heterocycles. The Hall–Kier alpha value is -0.0400. The number of rotatable bonds is 3. The predicted molar refractivity (Wildman–Crippen MR) is 109 cm³/mol. The van der Waals surface area contributed by atoms with Gasteiger partial charge in [0.1, 0.15) is 0 Å². The van der Waals surface area contributed by atoms with Gasteiger partial charge in [-0.3, -0.25) is 9.89 Å². The molecule has 2 saturated heterocycles. The highest BCUT2D eigenvalue weighted by Crippen LogP contribution is 2.35. The normalized spacial score (nSPS) is 32.3. The summed E-state index contributed by atoms with van der Waals surface area (Å²) in [7, 11) is 1.95. The van der Waals surface area contributed by atoms with Gasteiger partial charge in [0, 0.05) is 32.7 Å². The zero-order valence-electron chi connectivity index (χ0n) is 15.0. The van der Waals surface area contributed by atoms with Crippen molar-refractivity contribution in [2.24, 2.45) is 16.8 Å². The molecule has 0 amide bonds. The number of likely N-dealkylation sites (tertiary alicyclic amines) is 2. The first-order valence-corrected chi connectivity index (χ1v) is 9.51. The average molecular weight is 434 g/mol. The molecule has 0 bridgehead atoms. The molecule has 2 aliphatic heterocycles. The van der Waals surface area contributed by atoms with E-state index >= 15 is 0 Å². The number of likely N-dealkylation sites (N-methyl/N-ethyl adjacent to an activating group) is 1. The van der Waals surface area contributed by atoms with Crippen LogP contribution < -0.4 is 5.32 Å². The Labute approximate surface area is 159 Å². The summed E-state index contributed by atoms with van der Waals surface area (Å²) in [6.45, 7) is 8.26. The minimum atomic E-state index is 0. The van der Waals surface area contributed by atoms with E-state index in [1.165, 1.54) is 71.1 Å². The predicted octanol–water partition coefficient (Wildman–Crippen LogP) is 3.18. The molecule has 3 aliphatic rings. The van der Waals surface area contributed by atoms with Crippen LogP contribution in [0.2, 0.25) is 0 Å². The van der Waals surface area contributed by atoms with Gasteiger partial charge in [-0.05, 0) is 50.6 Å². The van der Waals surface area contributed by atoms with Gasteiger partial charge in [-0.25, -0.2) is 0 Å². The van der Waals surface area contributed by atoms with Crippen LogP contribution in [0.5, 0.6) is 0 Å². The van der Waals surface area contributed by atoms with Crippen LogP contribution in [0.3, 0.4) is 0 Å². The fraction of sp³-hybridized carbons (Fsp3) is 0.944. The lowest BCUT2D eigenvalue weighted by Crippen LogP contribution is -2.49. The Bertz CT molecular complexity index is 373. The second-order valence-electron chi connectivity index (χ2n) is 7.42. The summed E-state index contributed by atoms with van der Waals surface area (Å²) in [5, 5.41) is 3.69. The SMILES string of the molecule is CCN1CCCCC1CNC(=NC)N1CC2CCCCC2C1.I. The number of nitrogens with zero attached hydrogens (tertiary/aromatic N) is 3. The topological polar surface area (TPSA) is 30.9 Å². The standard InChI is InChI=1S/C18H34N4.HI/c1-3-21-11-7-6-10-17(21)12-20-18(19-2)22-13-15-8-4-5-9-16(15)14-22;/h15-17H,3-14H2,1-2H3,(H,19,20);1H. The second kappa shape index (κ2) is 9.44. The van der Waals surface area contributed by atoms with Crippen LogP contribution in [-0.2, 0) is 0 Å². The fourth-order valence-corrected chi connectivity index (χ4v) is 4.83. The molecule has 3 atom stereocenters. The molecule has 0 spiro atoms. The van der Waals surface area contributed by atoms with E-state index < -0.39 is 0 Å². The molecule has 2 heterocycles. The first-order valence-electron chi connectivity index (χ1n) is 9.51. The maximum atomic E-state index is 4.58. The van der Waals surface area contributed by atoms with Crippen molar-refractivity contribution >= 4 is 29.9 Å². The number of nitrogens with one attached hydrogen (secondary N) is 1. The van der Waals surface area contributed by atoms with Crippen LogP contribution in [0.1, 0.15) is 51.9 Å². The van der Waals surface area contributed by atoms with Gasteiger partial charge in [0.05, 0.1) is 0 Å². The largest absolute Gasteiger partial charge is 0.355 e. The number of halogens is 1. The van der Waals surface area contributed by atoms with Crippen molar-refractivity contribution in [3.63, 3.8) is 0 Å². The van der Waals surface area contributed by atoms with Crippen molar-refractivity contribution in [3.05, 3.63) is 0 Å². The quantitative estimate of drug-likeness (QED) is 0.421. The van der Waals surface area contributed by atoms with Gasteiger partial charge in [0.15, 0.2) is 5.96 Å². The third-order valence-electron chi connectivity index (χ3n) is 6.14. The lowest BCUT2D eigenvalue weighted by molar-refractivity contribution is 0.156. The highest BCUT2D eigenvalue weighted by atomic mass is 127. The maximum Gasteiger partial charge on any atom is 0.193 e. The van der Waals surface area contributed by atoms with Crippen molar-refractivity contribution in [2.45, 2.75) is 57.9 Å². The van der Waals surface area contributed by atoms with E-state index in [1.54, 1.807) is 0 Å². The second-order valence-corrected chi connectivity index (χ2v) is 7.42. The van der Waals surface area contributed by atoms with Crippen LogP contribution in [0.4, 0.5) is 0 Å². The third kappa shape index (κ3) is 4.74. The van der Waals surface area contributed by atoms with E-state index in [-0.39, 0.29) is 24.0 Å². The van der Waals surface area contributed by atoms with Gasteiger partial charge >= 0.3 is 0 Å². The Morgan fingerprint density at radius 2 is 1.70 bits per heavy atom. The molecular formula is C18H35IN4.